The lowest BCUT2D eigenvalue weighted by Gasteiger charge is -2.09. The van der Waals surface area contributed by atoms with Gasteiger partial charge in [-0.1, -0.05) is 101 Å². The van der Waals surface area contributed by atoms with Crippen molar-refractivity contribution in [2.24, 2.45) is 0 Å². The third-order valence-electron chi connectivity index (χ3n) is 5.74. The molecule has 1 N–H and O–H groups in total. The summed E-state index contributed by atoms with van der Waals surface area (Å²) in [4.78, 5) is 11.6. The Hall–Kier alpha value is -1.67. The Balaban J connectivity index is 1.68. The van der Waals surface area contributed by atoms with Gasteiger partial charge in [-0.05, 0) is 12.0 Å². The number of benzene rings is 1. The molecule has 1 amide bonds. The Morgan fingerprint density at radius 3 is 1.64 bits per heavy atom. The van der Waals surface area contributed by atoms with Crippen LogP contribution in [0.5, 0.6) is 0 Å². The Kier molecular flexibility index (Phi) is 23.7. The highest BCUT2D eigenvalue weighted by molar-refractivity contribution is 5.67. The van der Waals surface area contributed by atoms with Crippen molar-refractivity contribution in [1.29, 1.82) is 0 Å². The number of hydrogen-bond donors (Lipinski definition) is 1. The fraction of sp³-hybridized carbons (Fsp3) is 0.759. The first kappa shape index (κ1) is 32.4. The van der Waals surface area contributed by atoms with Gasteiger partial charge in [0.2, 0.25) is 0 Å². The van der Waals surface area contributed by atoms with Crippen molar-refractivity contribution in [2.75, 3.05) is 59.4 Å². The van der Waals surface area contributed by atoms with Crippen molar-refractivity contribution >= 4 is 6.09 Å². The van der Waals surface area contributed by atoms with Gasteiger partial charge in [0.1, 0.15) is 6.61 Å². The molecule has 0 saturated heterocycles. The second-order valence-corrected chi connectivity index (χ2v) is 8.97. The van der Waals surface area contributed by atoms with Crippen LogP contribution in [-0.2, 0) is 30.3 Å². The molecule has 0 fully saturated rings. The maximum atomic E-state index is 11.6. The number of amides is 1. The highest BCUT2D eigenvalue weighted by atomic mass is 16.6. The minimum Gasteiger partial charge on any atom is -0.445 e. The van der Waals surface area contributed by atoms with E-state index in [1.165, 1.54) is 64.2 Å². The average molecular weight is 510 g/mol. The van der Waals surface area contributed by atoms with E-state index in [-0.39, 0.29) is 6.61 Å². The van der Waals surface area contributed by atoms with E-state index in [1.54, 1.807) is 0 Å². The summed E-state index contributed by atoms with van der Waals surface area (Å²) in [5, 5.41) is 2.66. The van der Waals surface area contributed by atoms with Gasteiger partial charge >= 0.3 is 6.09 Å². The Labute approximate surface area is 219 Å². The van der Waals surface area contributed by atoms with Gasteiger partial charge in [-0.15, -0.1) is 0 Å². The number of nitrogens with one attached hydrogen (secondary N) is 1. The molecule has 0 aliphatic rings. The fourth-order valence-electron chi connectivity index (χ4n) is 3.63. The van der Waals surface area contributed by atoms with Crippen LogP contribution in [0.15, 0.2) is 30.3 Å². The minimum atomic E-state index is -0.446. The van der Waals surface area contributed by atoms with Gasteiger partial charge in [0.25, 0.3) is 0 Å². The molecule has 0 spiro atoms. The normalized spacial score (nSPS) is 11.0. The molecule has 208 valence electrons. The first-order valence-corrected chi connectivity index (χ1v) is 14.1. The second kappa shape index (κ2) is 26.4. The summed E-state index contributed by atoms with van der Waals surface area (Å²) in [6.45, 7) is 7.47. The fourth-order valence-corrected chi connectivity index (χ4v) is 3.63. The first-order valence-electron chi connectivity index (χ1n) is 14.1. The molecule has 0 heterocycles. The molecule has 0 aliphatic heterocycles. The number of ether oxygens (including phenoxy) is 5. The number of carbonyl (C=O) groups is 1. The standard InChI is InChI=1S/C29H51NO6/c1-2-3-4-5-6-7-8-9-10-11-15-19-32-21-23-34-25-26-35-24-22-33-20-18-30-29(31)36-27-28-16-13-12-14-17-28/h12-14,16-17H,2-11,15,18-27H2,1H3,(H,30,31). The lowest BCUT2D eigenvalue weighted by atomic mass is 10.1. The van der Waals surface area contributed by atoms with E-state index >= 15 is 0 Å². The predicted molar refractivity (Wildman–Crippen MR) is 144 cm³/mol. The summed E-state index contributed by atoms with van der Waals surface area (Å²) in [5.41, 5.74) is 0.956. The number of unbranched alkanes of at least 4 members (excludes halogenated alkanes) is 10. The summed E-state index contributed by atoms with van der Waals surface area (Å²) in [6, 6.07) is 9.57. The molecule has 7 heteroatoms. The van der Waals surface area contributed by atoms with Gasteiger partial charge in [0.05, 0.1) is 46.2 Å². The lowest BCUT2D eigenvalue weighted by molar-refractivity contribution is -0.00182. The zero-order chi connectivity index (χ0) is 25.8. The number of hydrogen-bond acceptors (Lipinski definition) is 6. The molecule has 7 nitrogen and oxygen atoms in total. The molecule has 0 aliphatic carbocycles. The van der Waals surface area contributed by atoms with Crippen LogP contribution >= 0.6 is 0 Å². The van der Waals surface area contributed by atoms with Gasteiger partial charge in [0.15, 0.2) is 0 Å². The summed E-state index contributed by atoms with van der Waals surface area (Å²) < 4.78 is 27.2. The van der Waals surface area contributed by atoms with Crippen molar-refractivity contribution in [1.82, 2.24) is 5.32 Å². The highest BCUT2D eigenvalue weighted by Gasteiger charge is 2.01. The smallest absolute Gasteiger partial charge is 0.407 e. The molecule has 0 radical (unpaired) electrons. The Bertz CT molecular complexity index is 586. The van der Waals surface area contributed by atoms with Gasteiger partial charge in [-0.2, -0.15) is 0 Å². The third-order valence-corrected chi connectivity index (χ3v) is 5.74. The minimum absolute atomic E-state index is 0.259. The molecule has 1 aromatic rings. The molecule has 0 bridgehead atoms. The molecular weight excluding hydrogens is 458 g/mol. The summed E-state index contributed by atoms with van der Waals surface area (Å²) in [7, 11) is 0. The molecule has 0 saturated carbocycles. The first-order chi connectivity index (χ1) is 17.8. The molecule has 0 atom stereocenters. The number of alkyl carbamates (subject to hydrolysis) is 1. The second-order valence-electron chi connectivity index (χ2n) is 8.97. The summed E-state index contributed by atoms with van der Waals surface area (Å²) in [5.74, 6) is 0. The molecule has 1 aromatic carbocycles. The van der Waals surface area contributed by atoms with Crippen LogP contribution < -0.4 is 5.32 Å². The van der Waals surface area contributed by atoms with Crippen LogP contribution in [0.4, 0.5) is 4.79 Å². The quantitative estimate of drug-likeness (QED) is 0.148. The zero-order valence-electron chi connectivity index (χ0n) is 22.7. The van der Waals surface area contributed by atoms with Crippen LogP contribution in [-0.4, -0.2) is 65.5 Å². The topological polar surface area (TPSA) is 75.3 Å². The Morgan fingerprint density at radius 1 is 0.611 bits per heavy atom. The van der Waals surface area contributed by atoms with E-state index in [4.69, 9.17) is 23.7 Å². The number of rotatable bonds is 26. The van der Waals surface area contributed by atoms with Crippen LogP contribution in [0.3, 0.4) is 0 Å². The SMILES string of the molecule is CCCCCCCCCCCCCOCCOCCOCCOCCNC(=O)OCc1ccccc1. The van der Waals surface area contributed by atoms with Crippen molar-refractivity contribution in [3.05, 3.63) is 35.9 Å². The van der Waals surface area contributed by atoms with Gasteiger partial charge in [-0.25, -0.2) is 4.79 Å². The molecular formula is C29H51NO6. The monoisotopic (exact) mass is 509 g/mol. The van der Waals surface area contributed by atoms with Crippen molar-refractivity contribution in [3.8, 4) is 0 Å². The van der Waals surface area contributed by atoms with E-state index in [2.05, 4.69) is 12.2 Å². The molecule has 1 rings (SSSR count). The maximum Gasteiger partial charge on any atom is 0.407 e. The van der Waals surface area contributed by atoms with E-state index in [9.17, 15) is 4.79 Å². The average Bonchev–Trinajstić information content (AvgIpc) is 2.90. The largest absolute Gasteiger partial charge is 0.445 e. The van der Waals surface area contributed by atoms with Gasteiger partial charge in [-0.3, -0.25) is 0 Å². The van der Waals surface area contributed by atoms with Crippen LogP contribution in [0.2, 0.25) is 0 Å². The van der Waals surface area contributed by atoms with Crippen LogP contribution in [0.25, 0.3) is 0 Å². The third kappa shape index (κ3) is 22.8. The van der Waals surface area contributed by atoms with Gasteiger partial charge < -0.3 is 29.0 Å². The van der Waals surface area contributed by atoms with Crippen LogP contribution in [0, 0.1) is 0 Å². The molecule has 0 aromatic heterocycles. The number of carbonyl (C=O) groups excluding carboxylic acids is 1. The van der Waals surface area contributed by atoms with Crippen LogP contribution in [0.1, 0.15) is 83.1 Å². The molecule has 36 heavy (non-hydrogen) atoms. The van der Waals surface area contributed by atoms with Crippen molar-refractivity contribution in [3.63, 3.8) is 0 Å². The van der Waals surface area contributed by atoms with E-state index in [0.29, 0.717) is 52.8 Å². The summed E-state index contributed by atoms with van der Waals surface area (Å²) >= 11 is 0. The van der Waals surface area contributed by atoms with E-state index in [1.807, 2.05) is 30.3 Å². The highest BCUT2D eigenvalue weighted by Crippen LogP contribution is 2.11. The van der Waals surface area contributed by atoms with Gasteiger partial charge in [0, 0.05) is 13.2 Å². The molecule has 0 unspecified atom stereocenters. The maximum absolute atomic E-state index is 11.6. The van der Waals surface area contributed by atoms with E-state index < -0.39 is 6.09 Å². The van der Waals surface area contributed by atoms with E-state index in [0.717, 1.165) is 18.6 Å². The predicted octanol–water partition coefficient (Wildman–Crippen LogP) is 6.29. The van der Waals surface area contributed by atoms with Crippen molar-refractivity contribution < 1.29 is 28.5 Å². The Morgan fingerprint density at radius 2 is 1.08 bits per heavy atom. The van der Waals surface area contributed by atoms with Crippen molar-refractivity contribution in [2.45, 2.75) is 84.2 Å². The zero-order valence-corrected chi connectivity index (χ0v) is 22.7. The lowest BCUT2D eigenvalue weighted by Crippen LogP contribution is -2.28. The summed E-state index contributed by atoms with van der Waals surface area (Å²) in [6.07, 6.45) is 14.4.